The number of alkyl carbamates (subject to hydrolysis) is 1. The van der Waals surface area contributed by atoms with Crippen molar-refractivity contribution in [3.05, 3.63) is 59.7 Å². The third-order valence-corrected chi connectivity index (χ3v) is 6.28. The molecule has 0 spiro atoms. The second-order valence-corrected chi connectivity index (χ2v) is 8.82. The van der Waals surface area contributed by atoms with E-state index < -0.39 is 12.1 Å². The Morgan fingerprint density at radius 1 is 0.970 bits per heavy atom. The van der Waals surface area contributed by atoms with Crippen molar-refractivity contribution in [2.45, 2.75) is 38.0 Å². The van der Waals surface area contributed by atoms with Crippen molar-refractivity contribution < 1.29 is 24.2 Å². The number of ether oxygens (including phenoxy) is 1. The molecule has 4 rings (SSSR count). The van der Waals surface area contributed by atoms with Crippen molar-refractivity contribution in [3.8, 4) is 11.1 Å². The van der Waals surface area contributed by atoms with Gasteiger partial charge in [0, 0.05) is 25.4 Å². The largest absolute Gasteiger partial charge is 0.480 e. The molecular weight excluding hydrogens is 420 g/mol. The molecule has 174 valence electrons. The zero-order valence-corrected chi connectivity index (χ0v) is 18.7. The van der Waals surface area contributed by atoms with Crippen molar-refractivity contribution in [2.24, 2.45) is 5.92 Å². The Morgan fingerprint density at radius 2 is 1.61 bits per heavy atom. The summed E-state index contributed by atoms with van der Waals surface area (Å²) in [5.74, 6) is -0.651. The molecule has 0 aliphatic heterocycles. The fourth-order valence-corrected chi connectivity index (χ4v) is 4.43. The minimum atomic E-state index is -0.985. The number of nitrogens with zero attached hydrogens (tertiary/aromatic N) is 1. The standard InChI is InChI=1S/C26H30N2O5/c29-24(28(16-25(30)31)15-18-12-13-18)11-5-6-14-27-26(32)33-17-23-21-9-3-1-7-19(21)20-8-2-4-10-22(20)23/h1-4,7-10,18,23H,5-6,11-17H2,(H,27,32)(H,30,31). The highest BCUT2D eigenvalue weighted by molar-refractivity contribution is 5.81. The van der Waals surface area contributed by atoms with Crippen LogP contribution in [0, 0.1) is 5.92 Å². The van der Waals surface area contributed by atoms with Crippen LogP contribution in [0.3, 0.4) is 0 Å². The van der Waals surface area contributed by atoms with Gasteiger partial charge in [-0.05, 0) is 53.9 Å². The van der Waals surface area contributed by atoms with E-state index in [2.05, 4.69) is 29.6 Å². The van der Waals surface area contributed by atoms with Gasteiger partial charge in [0.15, 0.2) is 0 Å². The first-order valence-electron chi connectivity index (χ1n) is 11.6. The van der Waals surface area contributed by atoms with Crippen LogP contribution in [0.25, 0.3) is 11.1 Å². The SMILES string of the molecule is O=C(O)CN(CC1CC1)C(=O)CCCCNC(=O)OCC1c2ccccc2-c2ccccc21. The number of hydrogen-bond acceptors (Lipinski definition) is 4. The lowest BCUT2D eigenvalue weighted by molar-refractivity contribution is -0.144. The number of fused-ring (bicyclic) bond motifs is 3. The Hall–Kier alpha value is -3.35. The summed E-state index contributed by atoms with van der Waals surface area (Å²) >= 11 is 0. The topological polar surface area (TPSA) is 95.9 Å². The van der Waals surface area contributed by atoms with Gasteiger partial charge in [0.2, 0.25) is 5.91 Å². The Labute approximate surface area is 193 Å². The van der Waals surface area contributed by atoms with Crippen LogP contribution in [0.5, 0.6) is 0 Å². The summed E-state index contributed by atoms with van der Waals surface area (Å²) in [6.45, 7) is 0.964. The molecule has 0 saturated heterocycles. The highest BCUT2D eigenvalue weighted by Crippen LogP contribution is 2.44. The molecule has 33 heavy (non-hydrogen) atoms. The van der Waals surface area contributed by atoms with Crippen molar-refractivity contribution >= 4 is 18.0 Å². The lowest BCUT2D eigenvalue weighted by Gasteiger charge is -2.20. The van der Waals surface area contributed by atoms with Crippen LogP contribution < -0.4 is 5.32 Å². The van der Waals surface area contributed by atoms with E-state index in [1.165, 1.54) is 27.2 Å². The molecule has 2 aliphatic rings. The van der Waals surface area contributed by atoms with Gasteiger partial charge < -0.3 is 20.1 Å². The summed E-state index contributed by atoms with van der Waals surface area (Å²) in [5.41, 5.74) is 4.71. The molecule has 0 atom stereocenters. The summed E-state index contributed by atoms with van der Waals surface area (Å²) in [7, 11) is 0. The van der Waals surface area contributed by atoms with Crippen molar-refractivity contribution in [2.75, 3.05) is 26.2 Å². The number of amides is 2. The number of carbonyl (C=O) groups excluding carboxylic acids is 2. The Kier molecular flexibility index (Phi) is 7.27. The highest BCUT2D eigenvalue weighted by Gasteiger charge is 2.29. The fraction of sp³-hybridized carbons (Fsp3) is 0.423. The average Bonchev–Trinajstić information content (AvgIpc) is 3.57. The predicted molar refractivity (Wildman–Crippen MR) is 124 cm³/mol. The van der Waals surface area contributed by atoms with Crippen LogP contribution in [0.2, 0.25) is 0 Å². The summed E-state index contributed by atoms with van der Waals surface area (Å²) in [5, 5.41) is 11.8. The van der Waals surface area contributed by atoms with Gasteiger partial charge in [0.1, 0.15) is 13.2 Å². The summed E-state index contributed by atoms with van der Waals surface area (Å²) in [6, 6.07) is 16.4. The van der Waals surface area contributed by atoms with E-state index in [4.69, 9.17) is 9.84 Å². The number of carboxylic acid groups (broad SMARTS) is 1. The van der Waals surface area contributed by atoms with Crippen LogP contribution in [0.15, 0.2) is 48.5 Å². The average molecular weight is 451 g/mol. The fourth-order valence-electron chi connectivity index (χ4n) is 4.43. The molecule has 2 N–H and O–H groups in total. The monoisotopic (exact) mass is 450 g/mol. The first-order valence-corrected chi connectivity index (χ1v) is 11.6. The molecular formula is C26H30N2O5. The molecule has 2 aromatic carbocycles. The molecule has 0 aromatic heterocycles. The quantitative estimate of drug-likeness (QED) is 0.504. The number of nitrogens with one attached hydrogen (secondary N) is 1. The minimum Gasteiger partial charge on any atom is -0.480 e. The van der Waals surface area contributed by atoms with E-state index in [1.54, 1.807) is 0 Å². The van der Waals surface area contributed by atoms with Crippen LogP contribution in [0.4, 0.5) is 4.79 Å². The maximum absolute atomic E-state index is 12.3. The van der Waals surface area contributed by atoms with Gasteiger partial charge in [0.05, 0.1) is 0 Å². The van der Waals surface area contributed by atoms with E-state index in [1.807, 2.05) is 24.3 Å². The van der Waals surface area contributed by atoms with E-state index in [9.17, 15) is 14.4 Å². The van der Waals surface area contributed by atoms with Crippen LogP contribution >= 0.6 is 0 Å². The molecule has 7 nitrogen and oxygen atoms in total. The van der Waals surface area contributed by atoms with Crippen LogP contribution in [0.1, 0.15) is 49.1 Å². The maximum atomic E-state index is 12.3. The second kappa shape index (κ2) is 10.5. The van der Waals surface area contributed by atoms with E-state index in [-0.39, 0.29) is 31.4 Å². The molecule has 0 radical (unpaired) electrons. The number of carbonyl (C=O) groups is 3. The van der Waals surface area contributed by atoms with Gasteiger partial charge >= 0.3 is 12.1 Å². The molecule has 0 bridgehead atoms. The van der Waals surface area contributed by atoms with Crippen LogP contribution in [-0.4, -0.2) is 54.2 Å². The lowest BCUT2D eigenvalue weighted by atomic mass is 9.98. The molecule has 0 heterocycles. The first-order chi connectivity index (χ1) is 16.0. The zero-order chi connectivity index (χ0) is 23.2. The van der Waals surface area contributed by atoms with Gasteiger partial charge in [-0.15, -0.1) is 0 Å². The summed E-state index contributed by atoms with van der Waals surface area (Å²) in [4.78, 5) is 37.0. The molecule has 2 amide bonds. The van der Waals surface area contributed by atoms with Crippen molar-refractivity contribution in [3.63, 3.8) is 0 Å². The van der Waals surface area contributed by atoms with Gasteiger partial charge in [0.25, 0.3) is 0 Å². The summed E-state index contributed by atoms with van der Waals surface area (Å²) < 4.78 is 5.51. The Morgan fingerprint density at radius 3 is 2.21 bits per heavy atom. The second-order valence-electron chi connectivity index (χ2n) is 8.82. The normalized spacial score (nSPS) is 14.3. The minimum absolute atomic E-state index is 0.0208. The van der Waals surface area contributed by atoms with E-state index in [0.717, 1.165) is 12.8 Å². The number of carboxylic acids is 1. The number of hydrogen-bond donors (Lipinski definition) is 2. The molecule has 1 saturated carbocycles. The first kappa shape index (κ1) is 22.8. The van der Waals surface area contributed by atoms with Gasteiger partial charge in [-0.2, -0.15) is 0 Å². The number of benzene rings is 2. The van der Waals surface area contributed by atoms with E-state index >= 15 is 0 Å². The lowest BCUT2D eigenvalue weighted by Crippen LogP contribution is -2.37. The number of rotatable bonds is 11. The zero-order valence-electron chi connectivity index (χ0n) is 18.7. The van der Waals surface area contributed by atoms with Crippen LogP contribution in [-0.2, 0) is 14.3 Å². The molecule has 0 unspecified atom stereocenters. The maximum Gasteiger partial charge on any atom is 0.407 e. The summed E-state index contributed by atoms with van der Waals surface area (Å²) in [6.07, 6.45) is 3.15. The van der Waals surface area contributed by atoms with Gasteiger partial charge in [-0.25, -0.2) is 4.79 Å². The molecule has 2 aliphatic carbocycles. The molecule has 7 heteroatoms. The molecule has 1 fully saturated rings. The smallest absolute Gasteiger partial charge is 0.407 e. The Balaban J connectivity index is 1.18. The third kappa shape index (κ3) is 5.92. The van der Waals surface area contributed by atoms with Crippen molar-refractivity contribution in [1.29, 1.82) is 0 Å². The highest BCUT2D eigenvalue weighted by atomic mass is 16.5. The van der Waals surface area contributed by atoms with Crippen molar-refractivity contribution in [1.82, 2.24) is 10.2 Å². The number of unbranched alkanes of at least 4 members (excludes halogenated alkanes) is 1. The predicted octanol–water partition coefficient (Wildman–Crippen LogP) is 4.02. The Bertz CT molecular complexity index is 972. The van der Waals surface area contributed by atoms with Gasteiger partial charge in [-0.3, -0.25) is 9.59 Å². The molecule has 2 aromatic rings. The van der Waals surface area contributed by atoms with E-state index in [0.29, 0.717) is 31.8 Å². The third-order valence-electron chi connectivity index (χ3n) is 6.28. The van der Waals surface area contributed by atoms with Gasteiger partial charge in [-0.1, -0.05) is 48.5 Å². The number of aliphatic carboxylic acids is 1.